The molecule has 0 fully saturated rings. The smallest absolute Gasteiger partial charge is 0.140 e. The van der Waals surface area contributed by atoms with Gasteiger partial charge < -0.3 is 4.74 Å². The summed E-state index contributed by atoms with van der Waals surface area (Å²) in [5.41, 5.74) is 8.48. The summed E-state index contributed by atoms with van der Waals surface area (Å²) in [6, 6.07) is 33.8. The third kappa shape index (κ3) is 5.24. The summed E-state index contributed by atoms with van der Waals surface area (Å²) in [6.07, 6.45) is 1.51. The van der Waals surface area contributed by atoms with Crippen LogP contribution in [0.5, 0.6) is 11.5 Å². The molecule has 0 saturated carbocycles. The van der Waals surface area contributed by atoms with E-state index in [1.165, 1.54) is 23.9 Å². The number of aromatic nitrogens is 4. The lowest BCUT2D eigenvalue weighted by Crippen LogP contribution is -2.15. The number of hydrogen-bond donors (Lipinski definition) is 0. The maximum absolute atomic E-state index is 14.5. The molecule has 0 N–H and O–H groups in total. The molecule has 7 rings (SSSR count). The summed E-state index contributed by atoms with van der Waals surface area (Å²) in [6.45, 7) is 13.2. The molecular formula is C40H37FN4O. The van der Waals surface area contributed by atoms with Crippen LogP contribution in [0.15, 0.2) is 109 Å². The summed E-state index contributed by atoms with van der Waals surface area (Å²) in [5.74, 6) is 1.91. The number of rotatable bonds is 6. The summed E-state index contributed by atoms with van der Waals surface area (Å²) in [4.78, 5) is 4.55. The summed E-state index contributed by atoms with van der Waals surface area (Å²) in [7, 11) is 0. The number of fused-ring (bicyclic) bond motifs is 3. The topological polar surface area (TPSA) is 44.9 Å². The van der Waals surface area contributed by atoms with Gasteiger partial charge in [0.2, 0.25) is 0 Å². The normalized spacial score (nSPS) is 12.6. The van der Waals surface area contributed by atoms with Crippen molar-refractivity contribution < 1.29 is 9.13 Å². The average molecular weight is 609 g/mol. The predicted molar refractivity (Wildman–Crippen MR) is 185 cm³/mol. The molecular weight excluding hydrogens is 571 g/mol. The Hall–Kier alpha value is -5.23. The fourth-order valence-corrected chi connectivity index (χ4v) is 6.35. The minimum absolute atomic E-state index is 0.113. The first-order valence-corrected chi connectivity index (χ1v) is 15.7. The number of aryl methyl sites for hydroxylation is 1. The molecule has 0 aliphatic carbocycles. The molecule has 5 nitrogen and oxygen atoms in total. The summed E-state index contributed by atoms with van der Waals surface area (Å²) < 4.78 is 24.9. The van der Waals surface area contributed by atoms with Gasteiger partial charge in [0.05, 0.1) is 22.4 Å². The van der Waals surface area contributed by atoms with E-state index in [-0.39, 0.29) is 11.2 Å². The van der Waals surface area contributed by atoms with Crippen molar-refractivity contribution in [1.82, 2.24) is 19.3 Å². The molecule has 230 valence electrons. The van der Waals surface area contributed by atoms with Crippen molar-refractivity contribution in [2.24, 2.45) is 5.41 Å². The molecule has 6 heteroatoms. The second kappa shape index (κ2) is 11.3. The molecule has 0 bridgehead atoms. The number of halogens is 1. The van der Waals surface area contributed by atoms with Gasteiger partial charge in [-0.25, -0.2) is 14.1 Å². The lowest BCUT2D eigenvalue weighted by molar-refractivity contribution is 0.340. The van der Waals surface area contributed by atoms with Crippen molar-refractivity contribution in [1.29, 1.82) is 0 Å². The molecule has 0 spiro atoms. The second-order valence-corrected chi connectivity index (χ2v) is 13.1. The van der Waals surface area contributed by atoms with E-state index in [1.807, 2.05) is 70.8 Å². The third-order valence-electron chi connectivity index (χ3n) is 9.15. The van der Waals surface area contributed by atoms with Crippen LogP contribution >= 0.6 is 0 Å². The van der Waals surface area contributed by atoms with Gasteiger partial charge in [0.25, 0.3) is 0 Å². The number of hydrogen-bond acceptors (Lipinski definition) is 3. The minimum atomic E-state index is -0.332. The Labute approximate surface area is 268 Å². The number of pyridine rings is 1. The molecule has 46 heavy (non-hydrogen) atoms. The van der Waals surface area contributed by atoms with Crippen LogP contribution in [0.2, 0.25) is 0 Å². The van der Waals surface area contributed by atoms with Gasteiger partial charge in [-0.2, -0.15) is 5.10 Å². The van der Waals surface area contributed by atoms with Gasteiger partial charge in [-0.1, -0.05) is 70.2 Å². The van der Waals surface area contributed by atoms with Crippen LogP contribution in [0.4, 0.5) is 4.39 Å². The molecule has 0 radical (unpaired) electrons. The highest BCUT2D eigenvalue weighted by atomic mass is 19.1. The standard InChI is InChI=1S/C40H37FN4O/c1-25(40(4,5)6)29-15-18-36-35(21-29)34-17-16-33(24-37(34)44(36)38-22-30(41)19-20-42-38)46-32-14-10-13-31(23-32)45-27(3)39(26(2)43-45)28-11-8-7-9-12-28/h7-25H,1-6H3. The quantitative estimate of drug-likeness (QED) is 0.189. The van der Waals surface area contributed by atoms with E-state index in [0.29, 0.717) is 23.2 Å². The monoisotopic (exact) mass is 608 g/mol. The Balaban J connectivity index is 1.31. The SMILES string of the molecule is Cc1nn(-c2cccc(Oc3ccc4c5cc(C(C)C(C)(C)C)ccc5n(-c5cc(F)ccn5)c4c3)c2)c(C)c1-c1ccccc1. The Morgan fingerprint density at radius 2 is 1.54 bits per heavy atom. The Bertz CT molecular complexity index is 2220. The number of ether oxygens (including phenoxy) is 1. The van der Waals surface area contributed by atoms with Gasteiger partial charge in [0.15, 0.2) is 0 Å². The molecule has 0 aliphatic rings. The maximum atomic E-state index is 14.5. The van der Waals surface area contributed by atoms with Crippen LogP contribution in [0, 0.1) is 25.1 Å². The molecule has 7 aromatic rings. The lowest BCUT2D eigenvalue weighted by atomic mass is 9.77. The zero-order valence-electron chi connectivity index (χ0n) is 27.0. The van der Waals surface area contributed by atoms with E-state index in [1.54, 1.807) is 0 Å². The number of nitrogens with zero attached hydrogens (tertiary/aromatic N) is 4. The van der Waals surface area contributed by atoms with Crippen LogP contribution < -0.4 is 4.74 Å². The van der Waals surface area contributed by atoms with Crippen molar-refractivity contribution in [2.75, 3.05) is 0 Å². The number of benzene rings is 4. The fraction of sp³-hybridized carbons (Fsp3) is 0.200. The van der Waals surface area contributed by atoms with E-state index in [0.717, 1.165) is 50.0 Å². The van der Waals surface area contributed by atoms with E-state index < -0.39 is 0 Å². The van der Waals surface area contributed by atoms with Crippen molar-refractivity contribution >= 4 is 21.8 Å². The first-order chi connectivity index (χ1) is 22.1. The second-order valence-electron chi connectivity index (χ2n) is 13.1. The molecule has 1 unspecified atom stereocenters. The van der Waals surface area contributed by atoms with Crippen LogP contribution in [-0.4, -0.2) is 19.3 Å². The highest BCUT2D eigenvalue weighted by molar-refractivity contribution is 6.09. The Kier molecular flexibility index (Phi) is 7.23. The molecule has 4 aromatic carbocycles. The van der Waals surface area contributed by atoms with Gasteiger partial charge in [-0.3, -0.25) is 4.57 Å². The highest BCUT2D eigenvalue weighted by Crippen LogP contribution is 2.40. The largest absolute Gasteiger partial charge is 0.457 e. The van der Waals surface area contributed by atoms with E-state index in [4.69, 9.17) is 9.84 Å². The first kappa shape index (κ1) is 29.5. The van der Waals surface area contributed by atoms with Crippen molar-refractivity contribution in [2.45, 2.75) is 47.5 Å². The van der Waals surface area contributed by atoms with Gasteiger partial charge in [-0.15, -0.1) is 0 Å². The Morgan fingerprint density at radius 3 is 2.30 bits per heavy atom. The summed E-state index contributed by atoms with van der Waals surface area (Å²) in [5, 5.41) is 7.03. The van der Waals surface area contributed by atoms with Crippen LogP contribution in [-0.2, 0) is 0 Å². The molecule has 0 saturated heterocycles. The van der Waals surface area contributed by atoms with Crippen molar-refractivity contribution in [3.63, 3.8) is 0 Å². The lowest BCUT2D eigenvalue weighted by Gasteiger charge is -2.27. The van der Waals surface area contributed by atoms with E-state index >= 15 is 0 Å². The molecule has 3 aromatic heterocycles. The highest BCUT2D eigenvalue weighted by Gasteiger charge is 2.23. The first-order valence-electron chi connectivity index (χ1n) is 15.7. The zero-order valence-corrected chi connectivity index (χ0v) is 27.0. The van der Waals surface area contributed by atoms with Gasteiger partial charge in [0.1, 0.15) is 23.1 Å². The van der Waals surface area contributed by atoms with Crippen LogP contribution in [0.25, 0.3) is 44.4 Å². The van der Waals surface area contributed by atoms with Gasteiger partial charge >= 0.3 is 0 Å². The van der Waals surface area contributed by atoms with Crippen LogP contribution in [0.3, 0.4) is 0 Å². The molecule has 0 amide bonds. The van der Waals surface area contributed by atoms with Crippen molar-refractivity contribution in [3.05, 3.63) is 132 Å². The van der Waals surface area contributed by atoms with Crippen molar-refractivity contribution in [3.8, 4) is 34.1 Å². The zero-order chi connectivity index (χ0) is 32.2. The third-order valence-corrected chi connectivity index (χ3v) is 9.15. The minimum Gasteiger partial charge on any atom is -0.457 e. The molecule has 0 aliphatic heterocycles. The summed E-state index contributed by atoms with van der Waals surface area (Å²) >= 11 is 0. The van der Waals surface area contributed by atoms with Gasteiger partial charge in [0, 0.05) is 46.4 Å². The predicted octanol–water partition coefficient (Wildman–Crippen LogP) is 10.7. The maximum Gasteiger partial charge on any atom is 0.140 e. The average Bonchev–Trinajstić information content (AvgIpc) is 3.52. The molecule has 3 heterocycles. The molecule has 1 atom stereocenters. The van der Waals surface area contributed by atoms with E-state index in [2.05, 4.69) is 76.0 Å². The van der Waals surface area contributed by atoms with E-state index in [9.17, 15) is 4.39 Å². The van der Waals surface area contributed by atoms with Crippen LogP contribution in [0.1, 0.15) is 50.6 Å². The Morgan fingerprint density at radius 1 is 0.761 bits per heavy atom. The fourth-order valence-electron chi connectivity index (χ4n) is 6.35. The van der Waals surface area contributed by atoms with Gasteiger partial charge in [-0.05, 0) is 78.8 Å².